The number of carbonyl (C=O) groups is 16. The fraction of sp³-hybridized carbons (Fsp3) is 0.397. The third-order valence-corrected chi connectivity index (χ3v) is 15.3. The van der Waals surface area contributed by atoms with Crippen molar-refractivity contribution in [2.75, 3.05) is 30.9 Å². The zero-order chi connectivity index (χ0) is 77.8. The Morgan fingerprint density at radius 1 is 0.486 bits per heavy atom. The Bertz CT molecular complexity index is 4450. The minimum atomic E-state index is -2.35. The van der Waals surface area contributed by atoms with Crippen molar-refractivity contribution in [1.82, 2.24) is 70.6 Å². The highest BCUT2D eigenvalue weighted by atomic mass is 16.5. The van der Waals surface area contributed by atoms with E-state index in [1.54, 1.807) is 56.5 Å². The summed E-state index contributed by atoms with van der Waals surface area (Å²) >= 11 is 0. The SMILES string of the molecule is CCn1nc(C)cc1C(=O)Nc1nc2cc(C(N)=O)cc(OC)c2n1C/C=C/Cn1c(NC(=O)c2cc(C)nn2CC)nc2cc(C(N)=O)cc(OCCCNC(=O)[C@H](CC(=O)O)NC(=O)[C@H](CC(=O)O)NC(=O)[C@H](CC(=O)O)NC(=O)[C@H](CC(=O)O)NC(=O)[C@H](CC(=O)O)NC(=O)[C@@H](C)CC(=O)O)c21. The monoisotopic (exact) mass is 1470 g/mol. The van der Waals surface area contributed by atoms with E-state index < -0.39 is 170 Å². The molecule has 4 heterocycles. The number of aromatic nitrogens is 8. The van der Waals surface area contributed by atoms with Gasteiger partial charge in [0.1, 0.15) is 64.1 Å². The number of nitrogens with one attached hydrogen (secondary N) is 8. The highest BCUT2D eigenvalue weighted by Crippen LogP contribution is 2.33. The lowest BCUT2D eigenvalue weighted by Crippen LogP contribution is -2.60. The van der Waals surface area contributed by atoms with Crippen molar-refractivity contribution in [3.63, 3.8) is 0 Å². The van der Waals surface area contributed by atoms with Crippen LogP contribution in [0.3, 0.4) is 0 Å². The molecule has 42 nitrogen and oxygen atoms in total. The second-order valence-corrected chi connectivity index (χ2v) is 23.3. The summed E-state index contributed by atoms with van der Waals surface area (Å²) in [5.41, 5.74) is 13.6. The number of amides is 10. The van der Waals surface area contributed by atoms with Crippen LogP contribution < -0.4 is 63.5 Å². The minimum absolute atomic E-state index is 0.0243. The van der Waals surface area contributed by atoms with E-state index in [0.29, 0.717) is 30.0 Å². The summed E-state index contributed by atoms with van der Waals surface area (Å²) in [6.45, 7) is 7.89. The summed E-state index contributed by atoms with van der Waals surface area (Å²) < 4.78 is 18.0. The van der Waals surface area contributed by atoms with Gasteiger partial charge in [0, 0.05) is 49.8 Å². The van der Waals surface area contributed by atoms with Gasteiger partial charge in [-0.15, -0.1) is 0 Å². The first-order valence-electron chi connectivity index (χ1n) is 31.8. The number of hydrogen-bond acceptors (Lipinski definition) is 22. The van der Waals surface area contributed by atoms with Crippen LogP contribution in [0.2, 0.25) is 0 Å². The first-order valence-corrected chi connectivity index (χ1v) is 31.8. The number of aryl methyl sites for hydroxylation is 4. The summed E-state index contributed by atoms with van der Waals surface area (Å²) in [6.07, 6.45) is -4.07. The molecule has 0 radical (unpaired) electrons. The quantitative estimate of drug-likeness (QED) is 0.0149. The minimum Gasteiger partial charge on any atom is -0.494 e. The fourth-order valence-electron chi connectivity index (χ4n) is 10.5. The lowest BCUT2D eigenvalue weighted by molar-refractivity contribution is -0.145. The number of hydrogen-bond donors (Lipinski definition) is 16. The Morgan fingerprint density at radius 3 is 1.17 bits per heavy atom. The number of nitrogens with zero attached hydrogens (tertiary/aromatic N) is 8. The molecule has 0 aliphatic carbocycles. The predicted octanol–water partition coefficient (Wildman–Crippen LogP) is -1.80. The van der Waals surface area contributed by atoms with E-state index in [4.69, 9.17) is 26.0 Å². The third kappa shape index (κ3) is 22.1. The van der Waals surface area contributed by atoms with Gasteiger partial charge in [-0.05, 0) is 70.5 Å². The third-order valence-electron chi connectivity index (χ3n) is 15.3. The van der Waals surface area contributed by atoms with E-state index in [1.165, 1.54) is 45.3 Å². The lowest BCUT2D eigenvalue weighted by Gasteiger charge is -2.26. The van der Waals surface area contributed by atoms with E-state index in [-0.39, 0.29) is 95.1 Å². The Hall–Kier alpha value is -13.3. The van der Waals surface area contributed by atoms with Crippen LogP contribution >= 0.6 is 0 Å². The first kappa shape index (κ1) is 80.6. The number of primary amides is 2. The number of carbonyl (C=O) groups excluding carboxylic acids is 10. The first-order chi connectivity index (χ1) is 49.5. The van der Waals surface area contributed by atoms with Gasteiger partial charge in [0.05, 0.1) is 74.7 Å². The van der Waals surface area contributed by atoms with Gasteiger partial charge in [-0.1, -0.05) is 19.1 Å². The molecule has 18 N–H and O–H groups in total. The molecule has 0 spiro atoms. The molecule has 0 saturated carbocycles. The zero-order valence-corrected chi connectivity index (χ0v) is 57.0. The van der Waals surface area contributed by atoms with Gasteiger partial charge in [0.25, 0.3) is 11.8 Å². The highest BCUT2D eigenvalue weighted by Gasteiger charge is 2.37. The van der Waals surface area contributed by atoms with Crippen molar-refractivity contribution < 1.29 is 117 Å². The maximum absolute atomic E-state index is 14.1. The molecule has 6 aromatic rings. The van der Waals surface area contributed by atoms with Gasteiger partial charge < -0.3 is 92.6 Å². The zero-order valence-electron chi connectivity index (χ0n) is 57.0. The molecule has 562 valence electrons. The van der Waals surface area contributed by atoms with Crippen molar-refractivity contribution in [3.05, 3.63) is 82.5 Å². The van der Waals surface area contributed by atoms with Crippen LogP contribution in [0, 0.1) is 19.8 Å². The number of ether oxygens (including phenoxy) is 2. The van der Waals surface area contributed by atoms with Crippen molar-refractivity contribution in [2.45, 2.75) is 136 Å². The summed E-state index contributed by atoms with van der Waals surface area (Å²) in [5, 5.41) is 83.6. The topological polar surface area (TPSA) is 633 Å². The lowest BCUT2D eigenvalue weighted by atomic mass is 10.1. The summed E-state index contributed by atoms with van der Waals surface area (Å²) in [5.74, 6) is -23.3. The molecule has 6 rings (SSSR count). The molecule has 42 heteroatoms. The number of imidazole rings is 2. The molecule has 4 aromatic heterocycles. The molecule has 2 aromatic carbocycles. The predicted molar refractivity (Wildman–Crippen MR) is 359 cm³/mol. The van der Waals surface area contributed by atoms with Crippen LogP contribution in [0.15, 0.2) is 48.6 Å². The molecule has 0 unspecified atom stereocenters. The Kier molecular flexibility index (Phi) is 27.9. The van der Waals surface area contributed by atoms with Gasteiger partial charge in [-0.3, -0.25) is 96.7 Å². The van der Waals surface area contributed by atoms with E-state index in [0.717, 1.165) is 6.92 Å². The molecule has 0 saturated heterocycles. The summed E-state index contributed by atoms with van der Waals surface area (Å²) in [7, 11) is 1.36. The molecule has 0 aliphatic rings. The average Bonchev–Trinajstić information content (AvgIpc) is 1.64. The number of carboxylic acids is 6. The average molecular weight is 1470 g/mol. The maximum atomic E-state index is 14.1. The van der Waals surface area contributed by atoms with Crippen molar-refractivity contribution in [2.24, 2.45) is 17.4 Å². The molecular weight excluding hydrogens is 1390 g/mol. The standard InChI is InChI=1S/C63H76N18O24/c1-7-80-40(17-29(4)76-80)60(102)74-62-72-33-19-31(52(64)94)21-42(104-6)50(33)78(62)13-9-10-14-79-51-34(73-63(79)75-61(103)41-18-30(5)77-81(41)8-2)20-32(53(65)95)22-43(51)105-15-11-12-66-55(97)35(23-45(84)85)68-57(99)37(25-47(88)89)70-59(101)39(27-49(92)93)71-58(100)38(26-48(90)91)69-56(98)36(24-46(86)87)67-54(96)28(3)16-44(82)83/h9-10,17-22,28,35-39H,7-8,11-16,23-27H2,1-6H3,(H2,64,94)(H2,65,95)(H,66,97)(H,67,96)(H,68,99)(H,69,98)(H,70,101)(H,71,100)(H,82,83)(H,84,85)(H,86,87)(H,88,89)(H,90,91)(H,92,93)(H,72,74,102)(H,73,75,103)/b10-9+/t28-,35-,36-,37-,38-,39-/m0/s1. The number of carboxylic acid groups (broad SMARTS) is 6. The van der Waals surface area contributed by atoms with E-state index in [9.17, 15) is 102 Å². The van der Waals surface area contributed by atoms with Crippen molar-refractivity contribution in [1.29, 1.82) is 0 Å². The number of anilines is 2. The number of allylic oxidation sites excluding steroid dienone is 2. The van der Waals surface area contributed by atoms with Gasteiger partial charge in [-0.2, -0.15) is 10.2 Å². The number of benzene rings is 2. The molecular formula is C63H76N18O24. The number of methoxy groups -OCH3 is 1. The van der Waals surface area contributed by atoms with Gasteiger partial charge >= 0.3 is 35.8 Å². The smallest absolute Gasteiger partial charge is 0.305 e. The second-order valence-electron chi connectivity index (χ2n) is 23.3. The van der Waals surface area contributed by atoms with Gasteiger partial charge in [0.2, 0.25) is 59.2 Å². The summed E-state index contributed by atoms with van der Waals surface area (Å²) in [4.78, 5) is 214. The fourth-order valence-corrected chi connectivity index (χ4v) is 10.5. The van der Waals surface area contributed by atoms with Crippen LogP contribution in [0.4, 0.5) is 11.9 Å². The van der Waals surface area contributed by atoms with Gasteiger partial charge in [0.15, 0.2) is 0 Å². The second kappa shape index (κ2) is 36.3. The van der Waals surface area contributed by atoms with Crippen LogP contribution in [-0.4, -0.2) is 215 Å². The molecule has 0 fully saturated rings. The van der Waals surface area contributed by atoms with Crippen LogP contribution in [0.25, 0.3) is 22.1 Å². The van der Waals surface area contributed by atoms with Crippen LogP contribution in [0.1, 0.15) is 119 Å². The normalized spacial score (nSPS) is 12.9. The molecule has 105 heavy (non-hydrogen) atoms. The number of rotatable bonds is 41. The molecule has 0 aliphatic heterocycles. The molecule has 6 atom stereocenters. The Morgan fingerprint density at radius 2 is 0.829 bits per heavy atom. The van der Waals surface area contributed by atoms with E-state index in [1.807, 2.05) is 26.6 Å². The van der Waals surface area contributed by atoms with Crippen LogP contribution in [-0.2, 0) is 83.7 Å². The summed E-state index contributed by atoms with van der Waals surface area (Å²) in [6, 6.07) is -2.48. The number of fused-ring (bicyclic) bond motifs is 2. The number of nitrogens with two attached hydrogens (primary N) is 2. The van der Waals surface area contributed by atoms with Gasteiger partial charge in [-0.25, -0.2) is 9.97 Å². The molecule has 0 bridgehead atoms. The Balaban J connectivity index is 1.23. The highest BCUT2D eigenvalue weighted by molar-refractivity contribution is 6.06. The Labute approximate surface area is 592 Å². The largest absolute Gasteiger partial charge is 0.494 e. The van der Waals surface area contributed by atoms with E-state index in [2.05, 4.69) is 36.1 Å². The maximum Gasteiger partial charge on any atom is 0.305 e. The van der Waals surface area contributed by atoms with E-state index >= 15 is 0 Å². The van der Waals surface area contributed by atoms with Crippen molar-refractivity contribution >= 4 is 129 Å². The molecule has 10 amide bonds. The number of aliphatic carboxylic acids is 6. The van der Waals surface area contributed by atoms with Crippen molar-refractivity contribution in [3.8, 4) is 11.5 Å². The van der Waals surface area contributed by atoms with Crippen LogP contribution in [0.5, 0.6) is 11.5 Å².